The minimum absolute atomic E-state index is 0.158. The number of nitrogens with one attached hydrogen (secondary N) is 1. The zero-order valence-corrected chi connectivity index (χ0v) is 17.5. The van der Waals surface area contributed by atoms with Gasteiger partial charge in [-0.1, -0.05) is 43.0 Å². The summed E-state index contributed by atoms with van der Waals surface area (Å²) in [4.78, 5) is 17.0. The normalized spacial score (nSPS) is 10.9. The third-order valence-corrected chi connectivity index (χ3v) is 5.44. The molecular weight excluding hydrogens is 398 g/mol. The fourth-order valence-electron chi connectivity index (χ4n) is 3.06. The number of thioether (sulfide) groups is 1. The van der Waals surface area contributed by atoms with Gasteiger partial charge in [0.25, 0.3) is 0 Å². The smallest absolute Gasteiger partial charge is 0.236 e. The highest BCUT2D eigenvalue weighted by Gasteiger charge is 2.13. The van der Waals surface area contributed by atoms with Gasteiger partial charge in [-0.05, 0) is 30.2 Å². The molecule has 1 amide bonds. The second-order valence-electron chi connectivity index (χ2n) is 6.61. The Labute approximate surface area is 178 Å². The van der Waals surface area contributed by atoms with E-state index >= 15 is 0 Å². The van der Waals surface area contributed by atoms with Crippen LogP contribution >= 0.6 is 11.8 Å². The maximum absolute atomic E-state index is 12.5. The number of pyridine rings is 1. The molecule has 8 nitrogen and oxygen atoms in total. The Kier molecular flexibility index (Phi) is 5.89. The van der Waals surface area contributed by atoms with Crippen LogP contribution in [0.4, 0.5) is 5.82 Å². The number of para-hydroxylation sites is 1. The highest BCUT2D eigenvalue weighted by atomic mass is 32.2. The van der Waals surface area contributed by atoms with Crippen molar-refractivity contribution in [2.75, 3.05) is 11.1 Å². The lowest BCUT2D eigenvalue weighted by molar-refractivity contribution is -0.113. The molecule has 0 aliphatic carbocycles. The molecule has 0 atom stereocenters. The molecule has 4 aromatic rings. The largest absolute Gasteiger partial charge is 0.310 e. The lowest BCUT2D eigenvalue weighted by Crippen LogP contribution is -2.15. The van der Waals surface area contributed by atoms with Gasteiger partial charge < -0.3 is 5.32 Å². The third kappa shape index (κ3) is 4.41. The molecule has 0 aliphatic heterocycles. The summed E-state index contributed by atoms with van der Waals surface area (Å²) in [5.41, 5.74) is 3.87. The first-order valence-corrected chi connectivity index (χ1v) is 10.5. The number of benzene rings is 1. The van der Waals surface area contributed by atoms with E-state index in [4.69, 9.17) is 0 Å². The molecule has 1 aromatic carbocycles. The van der Waals surface area contributed by atoms with Crippen molar-refractivity contribution < 1.29 is 4.79 Å². The number of aromatic nitrogens is 6. The van der Waals surface area contributed by atoms with Crippen LogP contribution in [0.15, 0.2) is 66.3 Å². The van der Waals surface area contributed by atoms with Crippen molar-refractivity contribution in [1.29, 1.82) is 0 Å². The second kappa shape index (κ2) is 8.91. The molecule has 0 aliphatic rings. The Hall–Kier alpha value is -3.46. The Morgan fingerprint density at radius 1 is 1.17 bits per heavy atom. The molecule has 30 heavy (non-hydrogen) atoms. The molecule has 9 heteroatoms. The van der Waals surface area contributed by atoms with Crippen molar-refractivity contribution in [3.05, 3.63) is 66.7 Å². The predicted molar refractivity (Wildman–Crippen MR) is 117 cm³/mol. The van der Waals surface area contributed by atoms with E-state index in [1.54, 1.807) is 23.3 Å². The van der Waals surface area contributed by atoms with Gasteiger partial charge in [0.1, 0.15) is 12.1 Å². The maximum atomic E-state index is 12.5. The monoisotopic (exact) mass is 419 g/mol. The van der Waals surface area contributed by atoms with Gasteiger partial charge in [0, 0.05) is 18.8 Å². The predicted octanol–water partition coefficient (Wildman–Crippen LogP) is 3.36. The van der Waals surface area contributed by atoms with Crippen LogP contribution in [0.1, 0.15) is 12.5 Å². The number of aryl methyl sites for hydroxylation is 2. The van der Waals surface area contributed by atoms with Gasteiger partial charge in [-0.15, -0.1) is 10.2 Å². The number of hydrogen-bond donors (Lipinski definition) is 1. The molecule has 3 aromatic heterocycles. The molecule has 0 saturated heterocycles. The van der Waals surface area contributed by atoms with Crippen LogP contribution in [0.5, 0.6) is 0 Å². The Morgan fingerprint density at radius 2 is 2.03 bits per heavy atom. The zero-order chi connectivity index (χ0) is 20.9. The number of amides is 1. The molecular formula is C21H21N7OS. The molecule has 0 spiro atoms. The van der Waals surface area contributed by atoms with Crippen LogP contribution in [0.3, 0.4) is 0 Å². The highest BCUT2D eigenvalue weighted by molar-refractivity contribution is 7.99. The van der Waals surface area contributed by atoms with Gasteiger partial charge in [-0.3, -0.25) is 14.0 Å². The van der Waals surface area contributed by atoms with Crippen molar-refractivity contribution in [2.45, 2.75) is 18.5 Å². The number of carbonyl (C=O) groups is 1. The van der Waals surface area contributed by atoms with Crippen LogP contribution < -0.4 is 5.32 Å². The molecule has 1 N–H and O–H groups in total. The fourth-order valence-corrected chi connectivity index (χ4v) is 3.78. The number of rotatable bonds is 7. The van der Waals surface area contributed by atoms with Crippen molar-refractivity contribution >= 4 is 23.5 Å². The summed E-state index contributed by atoms with van der Waals surface area (Å²) in [5, 5.41) is 15.9. The maximum Gasteiger partial charge on any atom is 0.236 e. The minimum atomic E-state index is -0.158. The van der Waals surface area contributed by atoms with Gasteiger partial charge in [-0.2, -0.15) is 5.10 Å². The van der Waals surface area contributed by atoms with E-state index < -0.39 is 0 Å². The quantitative estimate of drug-likeness (QED) is 0.462. The molecule has 152 valence electrons. The van der Waals surface area contributed by atoms with E-state index in [0.717, 1.165) is 23.4 Å². The Balaban J connectivity index is 1.43. The van der Waals surface area contributed by atoms with Crippen molar-refractivity contribution in [3.63, 3.8) is 0 Å². The van der Waals surface area contributed by atoms with Crippen LogP contribution in [0.2, 0.25) is 0 Å². The Morgan fingerprint density at radius 3 is 2.83 bits per heavy atom. The number of nitrogens with zero attached hydrogens (tertiary/aromatic N) is 6. The standard InChI is InChI=1S/C21H21N7OS/c1-3-15-7-4-5-9-18(15)28-14-22-26-21(28)30-13-20(29)25-19-10-6-8-17(24-19)16-11-23-27(2)12-16/h4-12,14H,3,13H2,1-2H3,(H,24,25,29). The summed E-state index contributed by atoms with van der Waals surface area (Å²) >= 11 is 1.34. The van der Waals surface area contributed by atoms with Crippen LogP contribution in [0.25, 0.3) is 16.9 Å². The molecule has 0 radical (unpaired) electrons. The van der Waals surface area contributed by atoms with Gasteiger partial charge >= 0.3 is 0 Å². The fraction of sp³-hybridized carbons (Fsp3) is 0.190. The molecule has 3 heterocycles. The minimum Gasteiger partial charge on any atom is -0.310 e. The van der Waals surface area contributed by atoms with Crippen molar-refractivity contribution in [1.82, 2.24) is 29.5 Å². The number of hydrogen-bond acceptors (Lipinski definition) is 6. The van der Waals surface area contributed by atoms with Crippen molar-refractivity contribution in [3.8, 4) is 16.9 Å². The van der Waals surface area contributed by atoms with E-state index in [0.29, 0.717) is 11.0 Å². The van der Waals surface area contributed by atoms with E-state index in [-0.39, 0.29) is 11.7 Å². The summed E-state index contributed by atoms with van der Waals surface area (Å²) in [5.74, 6) is 0.542. The molecule has 0 fully saturated rings. The summed E-state index contributed by atoms with van der Waals surface area (Å²) in [6.45, 7) is 2.11. The molecule has 0 bridgehead atoms. The lowest BCUT2D eigenvalue weighted by atomic mass is 10.1. The molecule has 4 rings (SSSR count). The Bertz CT molecular complexity index is 1170. The van der Waals surface area contributed by atoms with Crippen molar-refractivity contribution in [2.24, 2.45) is 7.05 Å². The van der Waals surface area contributed by atoms with Gasteiger partial charge in [0.2, 0.25) is 5.91 Å². The molecule has 0 saturated carbocycles. The van der Waals surface area contributed by atoms with Crippen LogP contribution in [0, 0.1) is 0 Å². The topological polar surface area (TPSA) is 90.5 Å². The van der Waals surface area contributed by atoms with Gasteiger partial charge in [0.15, 0.2) is 5.16 Å². The van der Waals surface area contributed by atoms with Gasteiger partial charge in [-0.25, -0.2) is 4.98 Å². The average Bonchev–Trinajstić information content (AvgIpc) is 3.41. The lowest BCUT2D eigenvalue weighted by Gasteiger charge is -2.10. The first-order valence-electron chi connectivity index (χ1n) is 9.51. The summed E-state index contributed by atoms with van der Waals surface area (Å²) in [6.07, 6.45) is 6.20. The average molecular weight is 420 g/mol. The summed E-state index contributed by atoms with van der Waals surface area (Å²) < 4.78 is 3.63. The number of carbonyl (C=O) groups excluding carboxylic acids is 1. The van der Waals surface area contributed by atoms with Crippen LogP contribution in [-0.2, 0) is 18.3 Å². The third-order valence-electron chi connectivity index (χ3n) is 4.50. The first kappa shape index (κ1) is 19.8. The highest BCUT2D eigenvalue weighted by Crippen LogP contribution is 2.23. The van der Waals surface area contributed by atoms with E-state index in [2.05, 4.69) is 38.6 Å². The SMILES string of the molecule is CCc1ccccc1-n1cnnc1SCC(=O)Nc1cccc(-c2cnn(C)c2)n1. The summed E-state index contributed by atoms with van der Waals surface area (Å²) in [7, 11) is 1.85. The second-order valence-corrected chi connectivity index (χ2v) is 7.56. The van der Waals surface area contributed by atoms with E-state index in [1.165, 1.54) is 17.3 Å². The van der Waals surface area contributed by atoms with Gasteiger partial charge in [0.05, 0.1) is 23.3 Å². The number of anilines is 1. The zero-order valence-electron chi connectivity index (χ0n) is 16.7. The summed E-state index contributed by atoms with van der Waals surface area (Å²) in [6, 6.07) is 13.6. The first-order chi connectivity index (χ1) is 14.6. The van der Waals surface area contributed by atoms with E-state index in [9.17, 15) is 4.79 Å². The van der Waals surface area contributed by atoms with Crippen LogP contribution in [-0.4, -0.2) is 41.2 Å². The van der Waals surface area contributed by atoms with E-state index in [1.807, 2.05) is 48.1 Å². The molecule has 0 unspecified atom stereocenters.